The predicted molar refractivity (Wildman–Crippen MR) is 53.7 cm³/mol. The highest BCUT2D eigenvalue weighted by atomic mass is 35.5. The van der Waals surface area contributed by atoms with E-state index in [2.05, 4.69) is 20.3 Å². The van der Waals surface area contributed by atoms with Gasteiger partial charge in [-0.3, -0.25) is 9.88 Å². The number of anilines is 1. The number of nitrogens with zero attached hydrogens (tertiary/aromatic N) is 4. The second kappa shape index (κ2) is 4.05. The third-order valence-electron chi connectivity index (χ3n) is 1.60. The number of hydrogen-bond donors (Lipinski definition) is 1. The molecule has 2 aromatic heterocycles. The Hall–Kier alpha value is -1.95. The van der Waals surface area contributed by atoms with Crippen molar-refractivity contribution < 1.29 is 4.79 Å². The maximum Gasteiger partial charge on any atom is 0.332 e. The number of halogens is 1. The first-order chi connectivity index (χ1) is 7.25. The van der Waals surface area contributed by atoms with Crippen molar-refractivity contribution in [1.82, 2.24) is 19.5 Å². The normalized spacial score (nSPS) is 9.93. The minimum atomic E-state index is -0.359. The molecule has 0 atom stereocenters. The molecule has 0 spiro atoms. The first-order valence-electron chi connectivity index (χ1n) is 4.03. The average molecular weight is 224 g/mol. The molecule has 7 heteroatoms. The van der Waals surface area contributed by atoms with Gasteiger partial charge in [0.2, 0.25) is 5.28 Å². The fraction of sp³-hybridized carbons (Fsp3) is 0. The Balaban J connectivity index is 2.13. The molecule has 0 aromatic carbocycles. The van der Waals surface area contributed by atoms with Gasteiger partial charge in [0.15, 0.2) is 0 Å². The number of rotatable bonds is 1. The molecule has 0 bridgehead atoms. The van der Waals surface area contributed by atoms with E-state index in [1.807, 2.05) is 0 Å². The van der Waals surface area contributed by atoms with Crippen LogP contribution >= 0.6 is 11.6 Å². The molecule has 6 nitrogen and oxygen atoms in total. The number of hydrogen-bond acceptors (Lipinski definition) is 4. The fourth-order valence-corrected chi connectivity index (χ4v) is 1.11. The van der Waals surface area contributed by atoms with Crippen LogP contribution in [0.15, 0.2) is 31.0 Å². The smallest absolute Gasteiger partial charge is 0.291 e. The Morgan fingerprint density at radius 2 is 2.33 bits per heavy atom. The number of imidazole rings is 1. The van der Waals surface area contributed by atoms with E-state index in [-0.39, 0.29) is 11.3 Å². The lowest BCUT2D eigenvalue weighted by Gasteiger charge is -2.03. The number of carbonyl (C=O) groups excluding carboxylic acids is 1. The fourth-order valence-electron chi connectivity index (χ4n) is 0.958. The number of aromatic nitrogens is 4. The number of carbonyl (C=O) groups is 1. The van der Waals surface area contributed by atoms with Gasteiger partial charge in [-0.15, -0.1) is 0 Å². The third kappa shape index (κ3) is 2.29. The van der Waals surface area contributed by atoms with Crippen molar-refractivity contribution in [3.05, 3.63) is 36.3 Å². The lowest BCUT2D eigenvalue weighted by molar-refractivity contribution is 0.253. The van der Waals surface area contributed by atoms with Crippen LogP contribution in [0.5, 0.6) is 0 Å². The summed E-state index contributed by atoms with van der Waals surface area (Å²) in [6, 6.07) is 1.18. The van der Waals surface area contributed by atoms with E-state index >= 15 is 0 Å². The molecule has 0 saturated heterocycles. The summed E-state index contributed by atoms with van der Waals surface area (Å²) >= 11 is 5.56. The molecular weight excluding hydrogens is 218 g/mol. The maximum absolute atomic E-state index is 11.5. The Kier molecular flexibility index (Phi) is 2.59. The number of nitrogens with one attached hydrogen (secondary N) is 1. The highest BCUT2D eigenvalue weighted by molar-refractivity contribution is 6.28. The zero-order chi connectivity index (χ0) is 10.7. The molecular formula is C8H6ClN5O. The van der Waals surface area contributed by atoms with Crippen molar-refractivity contribution >= 4 is 23.4 Å². The van der Waals surface area contributed by atoms with E-state index < -0.39 is 0 Å². The minimum absolute atomic E-state index is 0.0819. The zero-order valence-electron chi connectivity index (χ0n) is 7.46. The summed E-state index contributed by atoms with van der Waals surface area (Å²) in [5.74, 6) is 0.341. The van der Waals surface area contributed by atoms with E-state index in [4.69, 9.17) is 11.6 Å². The van der Waals surface area contributed by atoms with Crippen molar-refractivity contribution in [2.75, 3.05) is 5.32 Å². The quantitative estimate of drug-likeness (QED) is 0.742. The van der Waals surface area contributed by atoms with Gasteiger partial charge in [-0.05, 0) is 17.7 Å². The first kappa shape index (κ1) is 9.60. The van der Waals surface area contributed by atoms with E-state index in [1.165, 1.54) is 29.5 Å². The third-order valence-corrected chi connectivity index (χ3v) is 1.78. The minimum Gasteiger partial charge on any atom is -0.291 e. The topological polar surface area (TPSA) is 72.7 Å². The van der Waals surface area contributed by atoms with Crippen molar-refractivity contribution in [1.29, 1.82) is 0 Å². The van der Waals surface area contributed by atoms with E-state index in [9.17, 15) is 4.79 Å². The van der Waals surface area contributed by atoms with Gasteiger partial charge in [0.1, 0.15) is 12.1 Å². The lowest BCUT2D eigenvalue weighted by atomic mass is 10.6. The van der Waals surface area contributed by atoms with Gasteiger partial charge < -0.3 is 0 Å². The maximum atomic E-state index is 11.5. The Morgan fingerprint density at radius 1 is 1.47 bits per heavy atom. The van der Waals surface area contributed by atoms with Gasteiger partial charge >= 0.3 is 6.03 Å². The van der Waals surface area contributed by atoms with Crippen LogP contribution < -0.4 is 5.32 Å². The van der Waals surface area contributed by atoms with Crippen LogP contribution in [-0.4, -0.2) is 25.6 Å². The average Bonchev–Trinajstić information content (AvgIpc) is 2.70. The summed E-state index contributed by atoms with van der Waals surface area (Å²) < 4.78 is 1.29. The zero-order valence-corrected chi connectivity index (χ0v) is 8.22. The van der Waals surface area contributed by atoms with Gasteiger partial charge in [0, 0.05) is 18.6 Å². The van der Waals surface area contributed by atoms with Gasteiger partial charge in [-0.25, -0.2) is 19.7 Å². The van der Waals surface area contributed by atoms with Crippen LogP contribution in [0.3, 0.4) is 0 Å². The molecule has 0 saturated carbocycles. The van der Waals surface area contributed by atoms with Gasteiger partial charge in [0.05, 0.1) is 0 Å². The highest BCUT2D eigenvalue weighted by Crippen LogP contribution is 2.06. The second-order valence-corrected chi connectivity index (χ2v) is 2.95. The Morgan fingerprint density at radius 3 is 3.00 bits per heavy atom. The van der Waals surface area contributed by atoms with E-state index in [0.29, 0.717) is 5.82 Å². The molecule has 0 unspecified atom stereocenters. The SMILES string of the molecule is O=C(Nc1ccnc(Cl)n1)n1ccnc1. The summed E-state index contributed by atoms with van der Waals surface area (Å²) in [7, 11) is 0. The largest absolute Gasteiger partial charge is 0.332 e. The molecule has 0 fully saturated rings. The standard InChI is InChI=1S/C8H6ClN5O/c9-7-11-2-1-6(12-7)13-8(15)14-4-3-10-5-14/h1-5H,(H,11,12,13,15). The molecule has 15 heavy (non-hydrogen) atoms. The summed E-state index contributed by atoms with van der Waals surface area (Å²) in [5.41, 5.74) is 0. The summed E-state index contributed by atoms with van der Waals surface area (Å²) in [5, 5.41) is 2.62. The second-order valence-electron chi connectivity index (χ2n) is 2.61. The van der Waals surface area contributed by atoms with Gasteiger partial charge in [0.25, 0.3) is 0 Å². The molecule has 76 valence electrons. The lowest BCUT2D eigenvalue weighted by Crippen LogP contribution is -2.18. The number of amides is 1. The highest BCUT2D eigenvalue weighted by Gasteiger charge is 2.04. The molecule has 2 heterocycles. The predicted octanol–water partition coefficient (Wildman–Crippen LogP) is 1.41. The van der Waals surface area contributed by atoms with Crippen molar-refractivity contribution in [3.63, 3.8) is 0 Å². The first-order valence-corrected chi connectivity index (χ1v) is 4.41. The summed E-state index contributed by atoms with van der Waals surface area (Å²) in [4.78, 5) is 22.7. The molecule has 0 radical (unpaired) electrons. The molecule has 2 aromatic rings. The van der Waals surface area contributed by atoms with E-state index in [0.717, 1.165) is 0 Å². The molecule has 1 amide bonds. The Bertz CT molecular complexity index is 470. The van der Waals surface area contributed by atoms with Crippen LogP contribution in [0, 0.1) is 0 Å². The van der Waals surface area contributed by atoms with Crippen LogP contribution in [0.2, 0.25) is 5.28 Å². The molecule has 0 aliphatic rings. The molecule has 2 rings (SSSR count). The van der Waals surface area contributed by atoms with Crippen molar-refractivity contribution in [3.8, 4) is 0 Å². The van der Waals surface area contributed by atoms with Crippen LogP contribution in [0.25, 0.3) is 0 Å². The van der Waals surface area contributed by atoms with Crippen LogP contribution in [0.4, 0.5) is 10.6 Å². The van der Waals surface area contributed by atoms with Crippen molar-refractivity contribution in [2.45, 2.75) is 0 Å². The van der Waals surface area contributed by atoms with Crippen molar-refractivity contribution in [2.24, 2.45) is 0 Å². The van der Waals surface area contributed by atoms with Crippen LogP contribution in [0.1, 0.15) is 0 Å². The van der Waals surface area contributed by atoms with Gasteiger partial charge in [-0.2, -0.15) is 0 Å². The molecule has 1 N–H and O–H groups in total. The Labute approximate surface area is 89.9 Å². The molecule has 0 aliphatic carbocycles. The molecule has 0 aliphatic heterocycles. The van der Waals surface area contributed by atoms with Gasteiger partial charge in [-0.1, -0.05) is 0 Å². The summed E-state index contributed by atoms with van der Waals surface area (Å²) in [6.45, 7) is 0. The van der Waals surface area contributed by atoms with E-state index in [1.54, 1.807) is 6.07 Å². The summed E-state index contributed by atoms with van der Waals surface area (Å²) in [6.07, 6.45) is 5.88. The monoisotopic (exact) mass is 223 g/mol. The van der Waals surface area contributed by atoms with Crippen LogP contribution in [-0.2, 0) is 0 Å².